The molecule has 0 spiro atoms. The molecule has 4 rings (SSSR count). The normalized spacial score (nSPS) is 26.7. The second-order valence-corrected chi connectivity index (χ2v) is 8.17. The summed E-state index contributed by atoms with van der Waals surface area (Å²) in [5, 5.41) is 3.92. The quantitative estimate of drug-likeness (QED) is 0.784. The van der Waals surface area contributed by atoms with Gasteiger partial charge < -0.3 is 11.1 Å². The number of nitrogens with two attached hydrogens (primary N) is 1. The monoisotopic (exact) mass is 391 g/mol. The molecule has 134 valence electrons. The lowest BCUT2D eigenvalue weighted by molar-refractivity contribution is 0.102. The predicted octanol–water partition coefficient (Wildman–Crippen LogP) is 3.19. The third-order valence-electron chi connectivity index (χ3n) is 4.67. The van der Waals surface area contributed by atoms with E-state index in [-0.39, 0.29) is 11.6 Å². The van der Waals surface area contributed by atoms with Crippen LogP contribution in [0.5, 0.6) is 0 Å². The van der Waals surface area contributed by atoms with Crippen LogP contribution in [0.4, 0.5) is 10.1 Å². The third-order valence-corrected chi connectivity index (χ3v) is 6.05. The van der Waals surface area contributed by atoms with Crippen LogP contribution in [0.15, 0.2) is 35.6 Å². The Labute approximate surface area is 158 Å². The van der Waals surface area contributed by atoms with Gasteiger partial charge in [-0.15, -0.1) is 0 Å². The first-order valence-electron chi connectivity index (χ1n) is 7.98. The lowest BCUT2D eigenvalue weighted by Crippen LogP contribution is -2.32. The molecule has 0 aromatic carbocycles. The van der Waals surface area contributed by atoms with Crippen LogP contribution in [-0.2, 0) is 5.54 Å². The number of anilines is 1. The van der Waals surface area contributed by atoms with Gasteiger partial charge in [-0.3, -0.25) is 9.79 Å². The van der Waals surface area contributed by atoms with Crippen LogP contribution in [0, 0.1) is 11.9 Å². The summed E-state index contributed by atoms with van der Waals surface area (Å²) < 4.78 is 14.5. The Balaban J connectivity index is 1.64. The molecule has 0 bridgehead atoms. The highest BCUT2D eigenvalue weighted by atomic mass is 35.5. The van der Waals surface area contributed by atoms with Gasteiger partial charge in [-0.2, -0.15) is 4.39 Å². The molecular formula is C17H15ClFN5OS. The van der Waals surface area contributed by atoms with Crippen molar-refractivity contribution < 1.29 is 9.18 Å². The van der Waals surface area contributed by atoms with Gasteiger partial charge in [-0.25, -0.2) is 9.97 Å². The van der Waals surface area contributed by atoms with Gasteiger partial charge in [-0.1, -0.05) is 23.4 Å². The van der Waals surface area contributed by atoms with Crippen molar-refractivity contribution >= 4 is 40.1 Å². The molecule has 3 N–H and O–H groups in total. The van der Waals surface area contributed by atoms with Crippen molar-refractivity contribution in [2.45, 2.75) is 24.1 Å². The average molecular weight is 392 g/mol. The van der Waals surface area contributed by atoms with E-state index < -0.39 is 17.4 Å². The van der Waals surface area contributed by atoms with Gasteiger partial charge in [-0.05, 0) is 31.5 Å². The van der Waals surface area contributed by atoms with Crippen molar-refractivity contribution in [3.05, 3.63) is 52.8 Å². The van der Waals surface area contributed by atoms with Crippen molar-refractivity contribution in [3.8, 4) is 0 Å². The zero-order valence-electron chi connectivity index (χ0n) is 13.7. The highest BCUT2D eigenvalue weighted by Gasteiger charge is 2.55. The molecule has 0 saturated heterocycles. The molecule has 2 aliphatic rings. The molecular weight excluding hydrogens is 377 g/mol. The number of amidine groups is 1. The number of halogens is 2. The average Bonchev–Trinajstić information content (AvgIpc) is 3.37. The highest BCUT2D eigenvalue weighted by Crippen LogP contribution is 2.57. The fourth-order valence-electron chi connectivity index (χ4n) is 3.22. The number of carbonyl (C=O) groups excluding carboxylic acids is 1. The molecule has 6 nitrogen and oxygen atoms in total. The number of aromatic nitrogens is 2. The zero-order valence-corrected chi connectivity index (χ0v) is 15.3. The largest absolute Gasteiger partial charge is 0.379 e. The number of aliphatic imine (C=N–C) groups is 1. The summed E-state index contributed by atoms with van der Waals surface area (Å²) in [6, 6.07) is 4.65. The van der Waals surface area contributed by atoms with Gasteiger partial charge in [0.25, 0.3) is 5.91 Å². The van der Waals surface area contributed by atoms with Crippen LogP contribution < -0.4 is 11.1 Å². The van der Waals surface area contributed by atoms with Crippen LogP contribution in [0.2, 0.25) is 5.02 Å². The van der Waals surface area contributed by atoms with Gasteiger partial charge in [0, 0.05) is 22.9 Å². The fourth-order valence-corrected chi connectivity index (χ4v) is 4.62. The number of hydrogen-bond donors (Lipinski definition) is 2. The molecule has 1 aliphatic carbocycles. The molecule has 0 unspecified atom stereocenters. The Morgan fingerprint density at radius 1 is 1.42 bits per heavy atom. The molecule has 0 radical (unpaired) electrons. The maximum absolute atomic E-state index is 14.5. The molecule has 1 saturated carbocycles. The van der Waals surface area contributed by atoms with Crippen LogP contribution in [-0.4, -0.2) is 26.3 Å². The van der Waals surface area contributed by atoms with Gasteiger partial charge in [0.15, 0.2) is 5.17 Å². The number of nitrogens with zero attached hydrogens (tertiary/aromatic N) is 3. The highest BCUT2D eigenvalue weighted by molar-refractivity contribution is 8.14. The van der Waals surface area contributed by atoms with E-state index in [0.717, 1.165) is 6.42 Å². The molecule has 1 fully saturated rings. The SMILES string of the molecule is C[C@@]1(c2cc(NC(=O)c3ccc(Cl)cn3)cnc2F)N=C(N)S[C@H]2C[C@H]21. The Hall–Kier alpha value is -2.19. The summed E-state index contributed by atoms with van der Waals surface area (Å²) in [6.07, 6.45) is 3.58. The maximum atomic E-state index is 14.5. The van der Waals surface area contributed by atoms with E-state index in [1.165, 1.54) is 30.2 Å². The van der Waals surface area contributed by atoms with Crippen LogP contribution in [0.25, 0.3) is 0 Å². The van der Waals surface area contributed by atoms with E-state index in [1.54, 1.807) is 12.1 Å². The summed E-state index contributed by atoms with van der Waals surface area (Å²) in [4.78, 5) is 24.6. The summed E-state index contributed by atoms with van der Waals surface area (Å²) in [7, 11) is 0. The number of nitrogens with one attached hydrogen (secondary N) is 1. The van der Waals surface area contributed by atoms with Crippen molar-refractivity contribution in [1.29, 1.82) is 0 Å². The first-order chi connectivity index (χ1) is 12.4. The Morgan fingerprint density at radius 2 is 2.23 bits per heavy atom. The standard InChI is InChI=1S/C17H15ClFN5OS/c1-17(10-5-13(10)26-16(20)24-17)11-4-9(7-22-14(11)19)23-15(25)12-3-2-8(18)6-21-12/h2-4,6-7,10,13H,5H2,1H3,(H2,20,24)(H,23,25)/t10-,13+,17-/m1/s1. The van der Waals surface area contributed by atoms with Crippen molar-refractivity contribution in [2.24, 2.45) is 16.6 Å². The minimum atomic E-state index is -0.781. The van der Waals surface area contributed by atoms with Crippen LogP contribution in [0.1, 0.15) is 29.4 Å². The van der Waals surface area contributed by atoms with Crippen molar-refractivity contribution in [3.63, 3.8) is 0 Å². The first kappa shape index (κ1) is 17.2. The summed E-state index contributed by atoms with van der Waals surface area (Å²) in [6.45, 7) is 1.86. The van der Waals surface area contributed by atoms with Gasteiger partial charge in [0.1, 0.15) is 5.69 Å². The van der Waals surface area contributed by atoms with Gasteiger partial charge >= 0.3 is 0 Å². The van der Waals surface area contributed by atoms with E-state index in [1.807, 2.05) is 6.92 Å². The maximum Gasteiger partial charge on any atom is 0.274 e. The molecule has 9 heteroatoms. The Bertz CT molecular complexity index is 922. The third kappa shape index (κ3) is 3.03. The fraction of sp³-hybridized carbons (Fsp3) is 0.294. The summed E-state index contributed by atoms with van der Waals surface area (Å²) in [5.74, 6) is -0.832. The predicted molar refractivity (Wildman–Crippen MR) is 99.9 cm³/mol. The minimum Gasteiger partial charge on any atom is -0.379 e. The second kappa shape index (κ2) is 6.21. The topological polar surface area (TPSA) is 93.3 Å². The molecule has 2 aromatic heterocycles. The summed E-state index contributed by atoms with van der Waals surface area (Å²) >= 11 is 7.30. The number of thioether (sulfide) groups is 1. The molecule has 3 heterocycles. The van der Waals surface area contributed by atoms with Crippen molar-refractivity contribution in [2.75, 3.05) is 5.32 Å². The van der Waals surface area contributed by atoms with Crippen LogP contribution >= 0.6 is 23.4 Å². The smallest absolute Gasteiger partial charge is 0.274 e. The minimum absolute atomic E-state index is 0.199. The van der Waals surface area contributed by atoms with Crippen molar-refractivity contribution in [1.82, 2.24) is 9.97 Å². The second-order valence-electron chi connectivity index (χ2n) is 6.47. The van der Waals surface area contributed by atoms with E-state index >= 15 is 0 Å². The number of carbonyl (C=O) groups is 1. The molecule has 2 aromatic rings. The lowest BCUT2D eigenvalue weighted by atomic mass is 9.88. The Kier molecular flexibility index (Phi) is 4.11. The van der Waals surface area contributed by atoms with Gasteiger partial charge in [0.05, 0.1) is 22.4 Å². The molecule has 3 atom stereocenters. The summed E-state index contributed by atoms with van der Waals surface area (Å²) in [5.41, 5.74) is 6.02. The number of amides is 1. The molecule has 1 amide bonds. The van der Waals surface area contributed by atoms with E-state index in [4.69, 9.17) is 17.3 Å². The number of pyridine rings is 2. The lowest BCUT2D eigenvalue weighted by Gasteiger charge is -2.30. The van der Waals surface area contributed by atoms with E-state index in [2.05, 4.69) is 20.3 Å². The van der Waals surface area contributed by atoms with Crippen LogP contribution in [0.3, 0.4) is 0 Å². The Morgan fingerprint density at radius 3 is 2.96 bits per heavy atom. The number of hydrogen-bond acceptors (Lipinski definition) is 6. The number of rotatable bonds is 3. The number of fused-ring (bicyclic) bond motifs is 1. The van der Waals surface area contributed by atoms with E-state index in [9.17, 15) is 9.18 Å². The zero-order chi connectivity index (χ0) is 18.5. The first-order valence-corrected chi connectivity index (χ1v) is 9.23. The van der Waals surface area contributed by atoms with E-state index in [0.29, 0.717) is 26.7 Å². The van der Waals surface area contributed by atoms with Gasteiger partial charge in [0.2, 0.25) is 5.95 Å². The molecule has 26 heavy (non-hydrogen) atoms. The molecule has 1 aliphatic heterocycles.